The number of benzene rings is 1. The minimum atomic E-state index is -0.623. The van der Waals surface area contributed by atoms with Crippen LogP contribution in [0.25, 0.3) is 0 Å². The quantitative estimate of drug-likeness (QED) is 0.848. The number of carbonyl (C=O) groups is 1. The van der Waals surface area contributed by atoms with Gasteiger partial charge in [-0.2, -0.15) is 5.26 Å². The lowest BCUT2D eigenvalue weighted by Crippen LogP contribution is -2.25. The Labute approximate surface area is 136 Å². The number of amides is 1. The number of hydrogen-bond donors (Lipinski definition) is 2. The van der Waals surface area contributed by atoms with Crippen molar-refractivity contribution in [2.75, 3.05) is 11.9 Å². The van der Waals surface area contributed by atoms with Crippen LogP contribution in [-0.4, -0.2) is 12.5 Å². The molecule has 1 aromatic carbocycles. The van der Waals surface area contributed by atoms with Gasteiger partial charge in [0.25, 0.3) is 0 Å². The van der Waals surface area contributed by atoms with Crippen LogP contribution in [0.2, 0.25) is 0 Å². The maximum absolute atomic E-state index is 13.6. The first-order valence-corrected chi connectivity index (χ1v) is 7.85. The van der Waals surface area contributed by atoms with Crippen LogP contribution >= 0.6 is 11.3 Å². The molecule has 0 radical (unpaired) electrons. The van der Waals surface area contributed by atoms with Crippen molar-refractivity contribution in [1.82, 2.24) is 5.32 Å². The zero-order valence-corrected chi connectivity index (χ0v) is 13.2. The highest BCUT2D eigenvalue weighted by atomic mass is 32.1. The number of thiophene rings is 1. The molecule has 0 aliphatic heterocycles. The summed E-state index contributed by atoms with van der Waals surface area (Å²) < 4.78 is 26.5. The second kappa shape index (κ2) is 7.81. The van der Waals surface area contributed by atoms with Crippen molar-refractivity contribution in [2.24, 2.45) is 0 Å². The van der Waals surface area contributed by atoms with E-state index in [0.717, 1.165) is 6.07 Å². The summed E-state index contributed by atoms with van der Waals surface area (Å²) in [6, 6.07) is 6.70. The Morgan fingerprint density at radius 3 is 2.87 bits per heavy atom. The molecule has 4 nitrogen and oxygen atoms in total. The van der Waals surface area contributed by atoms with E-state index in [2.05, 4.69) is 10.6 Å². The summed E-state index contributed by atoms with van der Waals surface area (Å²) >= 11 is 1.28. The number of nitrogens with one attached hydrogen (secondary N) is 2. The van der Waals surface area contributed by atoms with Gasteiger partial charge < -0.3 is 10.6 Å². The van der Waals surface area contributed by atoms with Crippen LogP contribution in [0.4, 0.5) is 13.8 Å². The SMILES string of the molecule is CC(NCCC(=O)Nc1sccc1C#N)c1ccc(F)cc1F. The minimum Gasteiger partial charge on any atom is -0.317 e. The molecule has 1 atom stereocenters. The Hall–Kier alpha value is -2.30. The van der Waals surface area contributed by atoms with Gasteiger partial charge in [-0.05, 0) is 24.4 Å². The fourth-order valence-electron chi connectivity index (χ4n) is 2.05. The van der Waals surface area contributed by atoms with E-state index in [1.54, 1.807) is 18.4 Å². The van der Waals surface area contributed by atoms with Gasteiger partial charge in [-0.1, -0.05) is 6.07 Å². The second-order valence-electron chi connectivity index (χ2n) is 4.92. The van der Waals surface area contributed by atoms with Gasteiger partial charge in [0.2, 0.25) is 5.91 Å². The molecule has 2 N–H and O–H groups in total. The zero-order chi connectivity index (χ0) is 16.8. The van der Waals surface area contributed by atoms with Gasteiger partial charge >= 0.3 is 0 Å². The predicted molar refractivity (Wildman–Crippen MR) is 85.1 cm³/mol. The van der Waals surface area contributed by atoms with Gasteiger partial charge in [-0.25, -0.2) is 8.78 Å². The van der Waals surface area contributed by atoms with Crippen molar-refractivity contribution in [3.8, 4) is 6.07 Å². The molecule has 0 spiro atoms. The van der Waals surface area contributed by atoms with E-state index in [4.69, 9.17) is 5.26 Å². The van der Waals surface area contributed by atoms with Crippen LogP contribution < -0.4 is 10.6 Å². The molecule has 2 rings (SSSR count). The van der Waals surface area contributed by atoms with Crippen molar-refractivity contribution in [2.45, 2.75) is 19.4 Å². The smallest absolute Gasteiger partial charge is 0.226 e. The van der Waals surface area contributed by atoms with Crippen LogP contribution in [0.15, 0.2) is 29.6 Å². The third kappa shape index (κ3) is 4.58. The van der Waals surface area contributed by atoms with Crippen molar-refractivity contribution in [3.05, 3.63) is 52.4 Å². The van der Waals surface area contributed by atoms with E-state index in [1.165, 1.54) is 23.5 Å². The van der Waals surface area contributed by atoms with E-state index in [9.17, 15) is 13.6 Å². The fourth-order valence-corrected chi connectivity index (χ4v) is 2.80. The molecule has 120 valence electrons. The number of carbonyl (C=O) groups excluding carboxylic acids is 1. The Kier molecular flexibility index (Phi) is 5.79. The lowest BCUT2D eigenvalue weighted by Gasteiger charge is -2.15. The number of nitrogens with zero attached hydrogens (tertiary/aromatic N) is 1. The Bertz CT molecular complexity index is 739. The highest BCUT2D eigenvalue weighted by Gasteiger charge is 2.12. The Balaban J connectivity index is 1.82. The molecule has 2 aromatic rings. The number of anilines is 1. The summed E-state index contributed by atoms with van der Waals surface area (Å²) in [6.45, 7) is 2.07. The van der Waals surface area contributed by atoms with Crippen LogP contribution in [0.3, 0.4) is 0 Å². The molecule has 0 saturated heterocycles. The number of nitriles is 1. The Morgan fingerprint density at radius 2 is 2.17 bits per heavy atom. The molecule has 1 unspecified atom stereocenters. The van der Waals surface area contributed by atoms with Crippen molar-refractivity contribution in [1.29, 1.82) is 5.26 Å². The van der Waals surface area contributed by atoms with Gasteiger partial charge in [-0.15, -0.1) is 11.3 Å². The first kappa shape index (κ1) is 17.1. The molecule has 0 bridgehead atoms. The number of hydrogen-bond acceptors (Lipinski definition) is 4. The van der Waals surface area contributed by atoms with Crippen molar-refractivity contribution < 1.29 is 13.6 Å². The summed E-state index contributed by atoms with van der Waals surface area (Å²) in [6.07, 6.45) is 0.177. The van der Waals surface area contributed by atoms with E-state index in [-0.39, 0.29) is 18.4 Å². The first-order chi connectivity index (χ1) is 11.0. The molecule has 1 amide bonds. The van der Waals surface area contributed by atoms with Gasteiger partial charge in [0, 0.05) is 30.6 Å². The largest absolute Gasteiger partial charge is 0.317 e. The number of halogens is 2. The average Bonchev–Trinajstić information content (AvgIpc) is 2.94. The average molecular weight is 335 g/mol. The van der Waals surface area contributed by atoms with Crippen LogP contribution in [-0.2, 0) is 4.79 Å². The highest BCUT2D eigenvalue weighted by Crippen LogP contribution is 2.22. The van der Waals surface area contributed by atoms with Gasteiger partial charge in [0.15, 0.2) is 0 Å². The first-order valence-electron chi connectivity index (χ1n) is 6.97. The molecular formula is C16H15F2N3OS. The molecular weight excluding hydrogens is 320 g/mol. The maximum Gasteiger partial charge on any atom is 0.226 e. The van der Waals surface area contributed by atoms with Gasteiger partial charge in [0.1, 0.15) is 22.7 Å². The van der Waals surface area contributed by atoms with Crippen LogP contribution in [0.5, 0.6) is 0 Å². The lowest BCUT2D eigenvalue weighted by atomic mass is 10.1. The molecule has 0 aliphatic rings. The highest BCUT2D eigenvalue weighted by molar-refractivity contribution is 7.14. The topological polar surface area (TPSA) is 64.9 Å². The molecule has 1 heterocycles. The standard InChI is InChI=1S/C16H15F2N3OS/c1-10(13-3-2-12(17)8-14(13)18)20-6-4-15(22)21-16-11(9-19)5-7-23-16/h2-3,5,7-8,10,20H,4,6H2,1H3,(H,21,22). The lowest BCUT2D eigenvalue weighted by molar-refractivity contribution is -0.116. The van der Waals surface area contributed by atoms with Crippen molar-refractivity contribution >= 4 is 22.2 Å². The zero-order valence-electron chi connectivity index (χ0n) is 12.4. The minimum absolute atomic E-state index is 0.177. The summed E-state index contributed by atoms with van der Waals surface area (Å²) in [5, 5.41) is 16.8. The van der Waals surface area contributed by atoms with E-state index in [1.807, 2.05) is 6.07 Å². The summed E-state index contributed by atoms with van der Waals surface area (Å²) in [7, 11) is 0. The van der Waals surface area contributed by atoms with E-state index < -0.39 is 11.6 Å². The maximum atomic E-state index is 13.6. The molecule has 7 heteroatoms. The number of rotatable bonds is 6. The monoisotopic (exact) mass is 335 g/mol. The van der Waals surface area contributed by atoms with Gasteiger partial charge in [0.05, 0.1) is 5.56 Å². The van der Waals surface area contributed by atoms with Gasteiger partial charge in [-0.3, -0.25) is 4.79 Å². The third-order valence-corrected chi connectivity index (χ3v) is 4.10. The molecule has 0 saturated carbocycles. The van der Waals surface area contributed by atoms with E-state index >= 15 is 0 Å². The molecule has 1 aromatic heterocycles. The molecule has 23 heavy (non-hydrogen) atoms. The van der Waals surface area contributed by atoms with Crippen molar-refractivity contribution in [3.63, 3.8) is 0 Å². The fraction of sp³-hybridized carbons (Fsp3) is 0.250. The summed E-state index contributed by atoms with van der Waals surface area (Å²) in [4.78, 5) is 11.8. The Morgan fingerprint density at radius 1 is 1.39 bits per heavy atom. The molecule has 0 fully saturated rings. The summed E-state index contributed by atoms with van der Waals surface area (Å²) in [5.41, 5.74) is 0.773. The van der Waals surface area contributed by atoms with Crippen LogP contribution in [0, 0.1) is 23.0 Å². The molecule has 0 aliphatic carbocycles. The third-order valence-electron chi connectivity index (χ3n) is 3.27. The summed E-state index contributed by atoms with van der Waals surface area (Å²) in [5.74, 6) is -1.48. The predicted octanol–water partition coefficient (Wildman–Crippen LogP) is 3.58. The normalized spacial score (nSPS) is 11.7. The second-order valence-corrected chi connectivity index (χ2v) is 5.83. The van der Waals surface area contributed by atoms with Crippen LogP contribution in [0.1, 0.15) is 30.5 Å². The van der Waals surface area contributed by atoms with E-state index in [0.29, 0.717) is 22.7 Å².